The molecule has 9 rings (SSSR count). The van der Waals surface area contributed by atoms with Crippen LogP contribution >= 0.6 is 0 Å². The molecule has 0 bridgehead atoms. The fraction of sp³-hybridized carbons (Fsp3) is 0.513. The van der Waals surface area contributed by atoms with Crippen molar-refractivity contribution in [1.82, 2.24) is 15.3 Å². The van der Waals surface area contributed by atoms with Gasteiger partial charge in [-0.15, -0.1) is 0 Å². The van der Waals surface area contributed by atoms with Gasteiger partial charge < -0.3 is 14.5 Å². The Balaban J connectivity index is 1.15. The number of rotatable bonds is 5. The fourth-order valence-corrected chi connectivity index (χ4v) is 10.7. The third-order valence-corrected chi connectivity index (χ3v) is 13.6. The van der Waals surface area contributed by atoms with E-state index in [0.717, 1.165) is 97.0 Å². The number of aromatic nitrogens is 2. The van der Waals surface area contributed by atoms with E-state index in [9.17, 15) is 21.6 Å². The standard InChI is InChI=1S/C39H42F3N3O3S/c1-23-16-34(43-22-23)36-44-32-10-6-24(17-33(32)45-36)25-7-8-26(29-19-37(18-28(25)29)12-2-3-13-37)27-9-11-35(48-49(46,47)39(40,41)42)31-21-38(20-30(27)31)14-4-5-15-38/h6-11,17,23,34,43H,2-5,12-16,18-22H2,1H3,(H,44,45). The highest BCUT2D eigenvalue weighted by molar-refractivity contribution is 7.88. The number of fused-ring (bicyclic) bond motifs is 3. The molecule has 0 amide bonds. The number of aromatic amines is 1. The van der Waals surface area contributed by atoms with Gasteiger partial charge in [0.1, 0.15) is 11.6 Å². The van der Waals surface area contributed by atoms with Crippen molar-refractivity contribution in [1.29, 1.82) is 0 Å². The average molecular weight is 690 g/mol. The first-order valence-electron chi connectivity index (χ1n) is 18.0. The van der Waals surface area contributed by atoms with Crippen molar-refractivity contribution < 1.29 is 25.8 Å². The van der Waals surface area contributed by atoms with Gasteiger partial charge in [0.25, 0.3) is 0 Å². The molecule has 10 heteroatoms. The second-order valence-corrected chi connectivity index (χ2v) is 17.5. The monoisotopic (exact) mass is 689 g/mol. The van der Waals surface area contributed by atoms with Gasteiger partial charge in [0, 0.05) is 5.56 Å². The Labute approximate surface area is 285 Å². The molecule has 4 aliphatic carbocycles. The zero-order chi connectivity index (χ0) is 33.8. The Morgan fingerprint density at radius 3 is 1.98 bits per heavy atom. The highest BCUT2D eigenvalue weighted by Gasteiger charge is 2.50. The lowest BCUT2D eigenvalue weighted by atomic mass is 9.82. The van der Waals surface area contributed by atoms with Crippen LogP contribution in [0.2, 0.25) is 0 Å². The summed E-state index contributed by atoms with van der Waals surface area (Å²) in [4.78, 5) is 8.53. The first kappa shape index (κ1) is 31.6. The minimum atomic E-state index is -5.78. The van der Waals surface area contributed by atoms with Gasteiger partial charge in [-0.25, -0.2) is 4.98 Å². The van der Waals surface area contributed by atoms with E-state index in [1.165, 1.54) is 48.4 Å². The second kappa shape index (κ2) is 11.1. The summed E-state index contributed by atoms with van der Waals surface area (Å²) >= 11 is 0. The summed E-state index contributed by atoms with van der Waals surface area (Å²) < 4.78 is 69.5. The van der Waals surface area contributed by atoms with Crippen LogP contribution in [0, 0.1) is 16.7 Å². The molecule has 49 heavy (non-hydrogen) atoms. The topological polar surface area (TPSA) is 84.1 Å². The predicted molar refractivity (Wildman–Crippen MR) is 184 cm³/mol. The number of hydrogen-bond donors (Lipinski definition) is 2. The van der Waals surface area contributed by atoms with Crippen molar-refractivity contribution in [3.63, 3.8) is 0 Å². The molecule has 5 aliphatic rings. The smallest absolute Gasteiger partial charge is 0.376 e. The lowest BCUT2D eigenvalue weighted by Gasteiger charge is -2.22. The molecule has 2 heterocycles. The van der Waals surface area contributed by atoms with Crippen LogP contribution < -0.4 is 9.50 Å². The first-order valence-corrected chi connectivity index (χ1v) is 19.4. The van der Waals surface area contributed by atoms with Crippen molar-refractivity contribution in [3.8, 4) is 28.0 Å². The quantitative estimate of drug-likeness (QED) is 0.161. The van der Waals surface area contributed by atoms with Crippen LogP contribution in [-0.4, -0.2) is 30.4 Å². The SMILES string of the molecule is CC1CNC(c2nc3ccc(-c4ccc(-c5ccc(OS(=O)(=O)C(F)(F)F)c6c5CC5(CCCC5)C6)c5c4CC4(CCCC4)C5)cc3[nH]2)C1. The molecular formula is C39H42F3N3O3S. The summed E-state index contributed by atoms with van der Waals surface area (Å²) in [5, 5.41) is 3.59. The van der Waals surface area contributed by atoms with Crippen LogP contribution in [0.15, 0.2) is 42.5 Å². The molecule has 2 atom stereocenters. The third-order valence-electron chi connectivity index (χ3n) is 12.6. The molecule has 2 spiro atoms. The van der Waals surface area contributed by atoms with Crippen molar-refractivity contribution >= 4 is 21.2 Å². The van der Waals surface area contributed by atoms with Crippen molar-refractivity contribution in [2.75, 3.05) is 6.54 Å². The Kier molecular flexibility index (Phi) is 7.13. The van der Waals surface area contributed by atoms with E-state index in [4.69, 9.17) is 9.17 Å². The van der Waals surface area contributed by atoms with Crippen LogP contribution in [-0.2, 0) is 35.8 Å². The van der Waals surface area contributed by atoms with Crippen LogP contribution in [0.5, 0.6) is 5.75 Å². The molecule has 4 aromatic rings. The summed E-state index contributed by atoms with van der Waals surface area (Å²) in [6.07, 6.45) is 13.3. The van der Waals surface area contributed by atoms with Crippen molar-refractivity contribution in [3.05, 3.63) is 70.5 Å². The molecule has 3 aromatic carbocycles. The summed E-state index contributed by atoms with van der Waals surface area (Å²) in [6.45, 7) is 3.26. The van der Waals surface area contributed by atoms with Crippen LogP contribution in [0.4, 0.5) is 13.2 Å². The first-order chi connectivity index (χ1) is 23.4. The molecule has 1 aromatic heterocycles. The van der Waals surface area contributed by atoms with E-state index >= 15 is 0 Å². The van der Waals surface area contributed by atoms with E-state index in [2.05, 4.69) is 47.6 Å². The van der Waals surface area contributed by atoms with Gasteiger partial charge in [0.05, 0.1) is 17.1 Å². The molecular weight excluding hydrogens is 648 g/mol. The third kappa shape index (κ3) is 5.22. The van der Waals surface area contributed by atoms with Gasteiger partial charge in [0.15, 0.2) is 0 Å². The van der Waals surface area contributed by atoms with E-state index in [-0.39, 0.29) is 22.6 Å². The maximum absolute atomic E-state index is 13.4. The van der Waals surface area contributed by atoms with Crippen LogP contribution in [0.1, 0.15) is 98.8 Å². The Hall–Kier alpha value is -3.37. The van der Waals surface area contributed by atoms with E-state index in [1.54, 1.807) is 0 Å². The van der Waals surface area contributed by atoms with Crippen molar-refractivity contribution in [2.24, 2.45) is 16.7 Å². The van der Waals surface area contributed by atoms with Gasteiger partial charge in [-0.1, -0.05) is 56.9 Å². The highest BCUT2D eigenvalue weighted by Crippen LogP contribution is 2.57. The molecule has 2 saturated carbocycles. The summed E-state index contributed by atoms with van der Waals surface area (Å²) in [5.74, 6) is 1.44. The van der Waals surface area contributed by atoms with Gasteiger partial charge in [0.2, 0.25) is 0 Å². The molecule has 0 radical (unpaired) electrons. The molecule has 1 saturated heterocycles. The lowest BCUT2D eigenvalue weighted by Crippen LogP contribution is -2.28. The van der Waals surface area contributed by atoms with Crippen molar-refractivity contribution in [2.45, 2.75) is 102 Å². The molecule has 2 N–H and O–H groups in total. The summed E-state index contributed by atoms with van der Waals surface area (Å²) in [6, 6.07) is 14.5. The Morgan fingerprint density at radius 2 is 1.37 bits per heavy atom. The number of imidazole rings is 1. The van der Waals surface area contributed by atoms with E-state index in [1.807, 2.05) is 6.07 Å². The van der Waals surface area contributed by atoms with Gasteiger partial charge >= 0.3 is 15.6 Å². The van der Waals surface area contributed by atoms with Gasteiger partial charge in [-0.3, -0.25) is 0 Å². The molecule has 3 fully saturated rings. The normalized spacial score (nSPS) is 24.0. The van der Waals surface area contributed by atoms with Crippen LogP contribution in [0.3, 0.4) is 0 Å². The fourth-order valence-electron chi connectivity index (χ4n) is 10.2. The highest BCUT2D eigenvalue weighted by atomic mass is 32.2. The predicted octanol–water partition coefficient (Wildman–Crippen LogP) is 9.11. The minimum absolute atomic E-state index is 0.0568. The van der Waals surface area contributed by atoms with E-state index < -0.39 is 15.6 Å². The maximum Gasteiger partial charge on any atom is 0.534 e. The minimum Gasteiger partial charge on any atom is -0.376 e. The number of hydrogen-bond acceptors (Lipinski definition) is 5. The largest absolute Gasteiger partial charge is 0.534 e. The molecule has 1 aliphatic heterocycles. The number of benzene rings is 3. The Bertz CT molecular complexity index is 2090. The molecule has 258 valence electrons. The van der Waals surface area contributed by atoms with Gasteiger partial charge in [-0.2, -0.15) is 21.6 Å². The maximum atomic E-state index is 13.4. The second-order valence-electron chi connectivity index (χ2n) is 15.9. The average Bonchev–Trinajstić information content (AvgIpc) is 3.90. The number of H-pyrrole nitrogens is 1. The number of alkyl halides is 3. The summed E-state index contributed by atoms with van der Waals surface area (Å²) in [7, 11) is -5.78. The lowest BCUT2D eigenvalue weighted by molar-refractivity contribution is -0.0500. The molecule has 2 unspecified atom stereocenters. The van der Waals surface area contributed by atoms with Crippen LogP contribution in [0.25, 0.3) is 33.3 Å². The van der Waals surface area contributed by atoms with E-state index in [0.29, 0.717) is 17.9 Å². The number of nitrogens with one attached hydrogen (secondary N) is 2. The zero-order valence-corrected chi connectivity index (χ0v) is 28.6. The summed E-state index contributed by atoms with van der Waals surface area (Å²) in [5.41, 5.74) is 5.50. The Morgan fingerprint density at radius 1 is 0.796 bits per heavy atom. The molecule has 6 nitrogen and oxygen atoms in total. The number of nitrogens with zero attached hydrogens (tertiary/aromatic N) is 1. The number of halogens is 3. The zero-order valence-electron chi connectivity index (χ0n) is 27.8. The van der Waals surface area contributed by atoms with Gasteiger partial charge in [-0.05, 0) is 138 Å².